The van der Waals surface area contributed by atoms with Gasteiger partial charge in [0.15, 0.2) is 0 Å². The first-order valence-electron chi connectivity index (χ1n) is 11.4. The Kier molecular flexibility index (Phi) is 10.8. The third kappa shape index (κ3) is 9.15. The van der Waals surface area contributed by atoms with E-state index in [4.69, 9.17) is 4.74 Å². The van der Waals surface area contributed by atoms with Crippen LogP contribution >= 0.6 is 12.4 Å². The van der Waals surface area contributed by atoms with Crippen molar-refractivity contribution in [3.8, 4) is 0 Å². The average Bonchev–Trinajstić information content (AvgIpc) is 2.81. The van der Waals surface area contributed by atoms with Crippen LogP contribution in [0.5, 0.6) is 0 Å². The number of halogens is 8. The first-order valence-corrected chi connectivity index (χ1v) is 11.4. The first kappa shape index (κ1) is 30.9. The molecule has 1 aliphatic rings. The highest BCUT2D eigenvalue weighted by atomic mass is 35.5. The summed E-state index contributed by atoms with van der Waals surface area (Å²) in [6.45, 7) is 1.08. The van der Waals surface area contributed by atoms with Crippen LogP contribution in [0.25, 0.3) is 0 Å². The second kappa shape index (κ2) is 12.9. The molecule has 1 N–H and O–H groups in total. The minimum absolute atomic E-state index is 0. The lowest BCUT2D eigenvalue weighted by atomic mass is 9.95. The van der Waals surface area contributed by atoms with Gasteiger partial charge in [0.25, 0.3) is 0 Å². The molecule has 37 heavy (non-hydrogen) atoms. The largest absolute Gasteiger partial charge is 0.416 e. The number of benzene rings is 2. The Labute approximate surface area is 216 Å². The van der Waals surface area contributed by atoms with E-state index in [1.807, 2.05) is 7.05 Å². The molecule has 206 valence electrons. The molecular formula is C25H28ClF7N2O2. The summed E-state index contributed by atoms with van der Waals surface area (Å²) in [6.07, 6.45) is -8.50. The Morgan fingerprint density at radius 1 is 1.00 bits per heavy atom. The topological polar surface area (TPSA) is 41.6 Å². The SMILES string of the molecule is CN1CCC(C(=O)NCC(COCc2cc(C(F)(F)F)cc(C(F)(F)F)c2)c2ccc(F)cc2)CC1.Cl. The number of nitrogens with one attached hydrogen (secondary N) is 1. The number of amides is 1. The van der Waals surface area contributed by atoms with Crippen LogP contribution in [0.4, 0.5) is 30.7 Å². The summed E-state index contributed by atoms with van der Waals surface area (Å²) in [5.74, 6) is -1.25. The van der Waals surface area contributed by atoms with E-state index in [0.717, 1.165) is 13.1 Å². The van der Waals surface area contributed by atoms with Crippen molar-refractivity contribution in [1.82, 2.24) is 10.2 Å². The first-order chi connectivity index (χ1) is 16.8. The lowest BCUT2D eigenvalue weighted by Crippen LogP contribution is -2.40. The molecule has 0 spiro atoms. The number of ether oxygens (including phenoxy) is 1. The summed E-state index contributed by atoms with van der Waals surface area (Å²) in [6, 6.07) is 6.73. The molecule has 1 fully saturated rings. The van der Waals surface area contributed by atoms with Crippen molar-refractivity contribution in [2.75, 3.05) is 33.3 Å². The number of alkyl halides is 6. The van der Waals surface area contributed by atoms with Gasteiger partial charge in [-0.3, -0.25) is 4.79 Å². The monoisotopic (exact) mass is 556 g/mol. The van der Waals surface area contributed by atoms with Gasteiger partial charge < -0.3 is 15.0 Å². The van der Waals surface area contributed by atoms with Gasteiger partial charge >= 0.3 is 12.4 Å². The quantitative estimate of drug-likeness (QED) is 0.403. The van der Waals surface area contributed by atoms with Gasteiger partial charge in [0.05, 0.1) is 24.3 Å². The van der Waals surface area contributed by atoms with E-state index in [9.17, 15) is 35.5 Å². The number of hydrogen-bond acceptors (Lipinski definition) is 3. The Hall–Kier alpha value is -2.37. The predicted octanol–water partition coefficient (Wildman–Crippen LogP) is 6.04. The summed E-state index contributed by atoms with van der Waals surface area (Å²) in [7, 11) is 1.97. The number of piperidine rings is 1. The van der Waals surface area contributed by atoms with Crippen LogP contribution < -0.4 is 5.32 Å². The molecule has 2 aromatic carbocycles. The molecule has 0 aliphatic carbocycles. The van der Waals surface area contributed by atoms with Crippen molar-refractivity contribution in [3.63, 3.8) is 0 Å². The van der Waals surface area contributed by atoms with Gasteiger partial charge in [-0.2, -0.15) is 26.3 Å². The van der Waals surface area contributed by atoms with Crippen LogP contribution in [0, 0.1) is 11.7 Å². The fourth-order valence-corrected chi connectivity index (χ4v) is 4.07. The second-order valence-electron chi connectivity index (χ2n) is 9.00. The smallest absolute Gasteiger partial charge is 0.376 e. The predicted molar refractivity (Wildman–Crippen MR) is 126 cm³/mol. The number of likely N-dealkylation sites (tertiary alicyclic amines) is 1. The molecule has 1 amide bonds. The zero-order chi connectivity index (χ0) is 26.5. The van der Waals surface area contributed by atoms with Crippen LogP contribution in [0.15, 0.2) is 42.5 Å². The van der Waals surface area contributed by atoms with E-state index >= 15 is 0 Å². The van der Waals surface area contributed by atoms with Crippen molar-refractivity contribution in [1.29, 1.82) is 0 Å². The van der Waals surface area contributed by atoms with Crippen LogP contribution in [0.2, 0.25) is 0 Å². The van der Waals surface area contributed by atoms with E-state index in [1.165, 1.54) is 24.3 Å². The van der Waals surface area contributed by atoms with Crippen LogP contribution in [-0.2, 0) is 28.5 Å². The molecule has 0 bridgehead atoms. The summed E-state index contributed by atoms with van der Waals surface area (Å²) < 4.78 is 97.6. The van der Waals surface area contributed by atoms with Gasteiger partial charge in [0.2, 0.25) is 5.91 Å². The third-order valence-corrected chi connectivity index (χ3v) is 6.19. The molecule has 4 nitrogen and oxygen atoms in total. The van der Waals surface area contributed by atoms with Crippen molar-refractivity contribution in [2.45, 2.75) is 37.7 Å². The third-order valence-electron chi connectivity index (χ3n) is 6.19. The molecule has 1 saturated heterocycles. The Balaban J connectivity index is 0.00000481. The number of rotatable bonds is 8. The van der Waals surface area contributed by atoms with Gasteiger partial charge in [0, 0.05) is 18.4 Å². The summed E-state index contributed by atoms with van der Waals surface area (Å²) in [5.41, 5.74) is -2.52. The highest BCUT2D eigenvalue weighted by Crippen LogP contribution is 2.36. The molecule has 0 aromatic heterocycles. The minimum Gasteiger partial charge on any atom is -0.376 e. The molecule has 2 aromatic rings. The number of carbonyl (C=O) groups is 1. The Bertz CT molecular complexity index is 989. The molecule has 1 heterocycles. The van der Waals surface area contributed by atoms with Gasteiger partial charge in [-0.1, -0.05) is 12.1 Å². The van der Waals surface area contributed by atoms with E-state index in [1.54, 1.807) is 0 Å². The summed E-state index contributed by atoms with van der Waals surface area (Å²) in [5, 5.41) is 2.86. The highest BCUT2D eigenvalue weighted by Gasteiger charge is 2.37. The maximum Gasteiger partial charge on any atom is 0.416 e. The normalized spacial score (nSPS) is 16.2. The van der Waals surface area contributed by atoms with Crippen molar-refractivity contribution >= 4 is 18.3 Å². The van der Waals surface area contributed by atoms with E-state index < -0.39 is 41.8 Å². The van der Waals surface area contributed by atoms with Gasteiger partial charge in [-0.25, -0.2) is 4.39 Å². The van der Waals surface area contributed by atoms with Crippen molar-refractivity contribution < 1.29 is 40.3 Å². The average molecular weight is 557 g/mol. The number of nitrogens with zero attached hydrogens (tertiary/aromatic N) is 1. The highest BCUT2D eigenvalue weighted by molar-refractivity contribution is 5.85. The maximum absolute atomic E-state index is 13.4. The number of carbonyl (C=O) groups excluding carboxylic acids is 1. The molecule has 1 atom stereocenters. The van der Waals surface area contributed by atoms with E-state index in [-0.39, 0.29) is 49.0 Å². The van der Waals surface area contributed by atoms with E-state index in [2.05, 4.69) is 10.2 Å². The van der Waals surface area contributed by atoms with Crippen LogP contribution in [0.3, 0.4) is 0 Å². The molecule has 1 aliphatic heterocycles. The van der Waals surface area contributed by atoms with Crippen LogP contribution in [-0.4, -0.2) is 44.1 Å². The molecule has 1 unspecified atom stereocenters. The Morgan fingerprint density at radius 2 is 1.54 bits per heavy atom. The fraction of sp³-hybridized carbons (Fsp3) is 0.480. The molecule has 0 saturated carbocycles. The summed E-state index contributed by atoms with van der Waals surface area (Å²) in [4.78, 5) is 14.7. The standard InChI is InChI=1S/C25H27F7N2O2.ClH/c1-34-8-6-18(7-9-34)23(35)33-13-19(17-2-4-22(26)5-3-17)15-36-14-16-10-20(24(27,28)29)12-21(11-16)25(30,31)32;/h2-5,10-12,18-19H,6-9,13-15H2,1H3,(H,33,35);1H. The van der Waals surface area contributed by atoms with Gasteiger partial charge in [-0.15, -0.1) is 12.4 Å². The van der Waals surface area contributed by atoms with Gasteiger partial charge in [-0.05, 0) is 74.4 Å². The molecule has 3 rings (SSSR count). The Morgan fingerprint density at radius 3 is 2.05 bits per heavy atom. The van der Waals surface area contributed by atoms with E-state index in [0.29, 0.717) is 30.5 Å². The van der Waals surface area contributed by atoms with Gasteiger partial charge in [0.1, 0.15) is 5.82 Å². The zero-order valence-corrected chi connectivity index (χ0v) is 20.8. The van der Waals surface area contributed by atoms with Crippen LogP contribution in [0.1, 0.15) is 41.0 Å². The maximum atomic E-state index is 13.4. The lowest BCUT2D eigenvalue weighted by Gasteiger charge is -2.28. The van der Waals surface area contributed by atoms with Crippen molar-refractivity contribution in [2.24, 2.45) is 5.92 Å². The molecular weight excluding hydrogens is 529 g/mol. The summed E-state index contributed by atoms with van der Waals surface area (Å²) >= 11 is 0. The lowest BCUT2D eigenvalue weighted by molar-refractivity contribution is -0.143. The van der Waals surface area contributed by atoms with Crippen molar-refractivity contribution in [3.05, 3.63) is 70.5 Å². The molecule has 12 heteroatoms. The zero-order valence-electron chi connectivity index (χ0n) is 20.0. The molecule has 0 radical (unpaired) electrons. The second-order valence-corrected chi connectivity index (χ2v) is 9.00. The minimum atomic E-state index is -4.95. The number of hydrogen-bond donors (Lipinski definition) is 1. The fourth-order valence-electron chi connectivity index (χ4n) is 4.07.